The third kappa shape index (κ3) is 4.84. The molecule has 3 N–H and O–H groups in total. The van der Waals surface area contributed by atoms with Crippen LogP contribution in [0.3, 0.4) is 0 Å². The minimum atomic E-state index is -0.974. The van der Waals surface area contributed by atoms with Gasteiger partial charge in [0.2, 0.25) is 5.91 Å². The standard InChI is InChI=1S/C13H17N3O7/c17-6-12-22-7-10(23-12)16-5-4-8(15-13(16)21)14-9(18)2-1-3-11(19)20/h4-5,10,12,17H,1-3,6-7H2,(H,19,20)(H,14,15,18,21). The fraction of sp³-hybridized carbons (Fsp3) is 0.538. The number of carbonyl (C=O) groups is 2. The smallest absolute Gasteiger partial charge is 0.351 e. The first-order valence-corrected chi connectivity index (χ1v) is 6.98. The van der Waals surface area contributed by atoms with E-state index in [0.29, 0.717) is 0 Å². The summed E-state index contributed by atoms with van der Waals surface area (Å²) in [7, 11) is 0. The molecule has 10 heteroatoms. The van der Waals surface area contributed by atoms with Gasteiger partial charge in [0, 0.05) is 19.0 Å². The van der Waals surface area contributed by atoms with Gasteiger partial charge >= 0.3 is 11.7 Å². The summed E-state index contributed by atoms with van der Waals surface area (Å²) in [6, 6.07) is 1.42. The fourth-order valence-electron chi connectivity index (χ4n) is 1.99. The van der Waals surface area contributed by atoms with E-state index in [1.165, 1.54) is 16.8 Å². The number of aromatic nitrogens is 2. The van der Waals surface area contributed by atoms with Crippen molar-refractivity contribution in [1.82, 2.24) is 9.55 Å². The van der Waals surface area contributed by atoms with Gasteiger partial charge in [0.05, 0.1) is 13.2 Å². The van der Waals surface area contributed by atoms with Gasteiger partial charge in [-0.2, -0.15) is 4.98 Å². The molecule has 2 atom stereocenters. The number of carbonyl (C=O) groups excluding carboxylic acids is 1. The summed E-state index contributed by atoms with van der Waals surface area (Å²) < 4.78 is 11.6. The number of aliphatic carboxylic acids is 1. The van der Waals surface area contributed by atoms with Gasteiger partial charge in [-0.05, 0) is 12.5 Å². The maximum atomic E-state index is 11.9. The van der Waals surface area contributed by atoms with E-state index in [0.717, 1.165) is 0 Å². The largest absolute Gasteiger partial charge is 0.481 e. The van der Waals surface area contributed by atoms with E-state index in [-0.39, 0.29) is 38.3 Å². The number of aliphatic hydroxyl groups is 1. The Morgan fingerprint density at radius 1 is 1.43 bits per heavy atom. The van der Waals surface area contributed by atoms with E-state index in [4.69, 9.17) is 19.7 Å². The monoisotopic (exact) mass is 327 g/mol. The molecule has 1 aromatic rings. The average Bonchev–Trinajstić information content (AvgIpc) is 2.95. The molecule has 0 aliphatic carbocycles. The second-order valence-corrected chi connectivity index (χ2v) is 4.83. The fourth-order valence-corrected chi connectivity index (χ4v) is 1.99. The Bertz CT molecular complexity index is 630. The van der Waals surface area contributed by atoms with E-state index >= 15 is 0 Å². The van der Waals surface area contributed by atoms with Crippen LogP contribution in [0.2, 0.25) is 0 Å². The van der Waals surface area contributed by atoms with Crippen molar-refractivity contribution in [2.24, 2.45) is 0 Å². The molecule has 10 nitrogen and oxygen atoms in total. The van der Waals surface area contributed by atoms with Crippen molar-refractivity contribution in [3.63, 3.8) is 0 Å². The summed E-state index contributed by atoms with van der Waals surface area (Å²) in [6.07, 6.45) is 0.0553. The van der Waals surface area contributed by atoms with Crippen molar-refractivity contribution in [2.45, 2.75) is 31.8 Å². The highest BCUT2D eigenvalue weighted by atomic mass is 16.7. The summed E-state index contributed by atoms with van der Waals surface area (Å²) in [5.74, 6) is -1.32. The summed E-state index contributed by atoms with van der Waals surface area (Å²) in [6.45, 7) is -0.211. The number of nitrogens with one attached hydrogen (secondary N) is 1. The Morgan fingerprint density at radius 3 is 2.83 bits per heavy atom. The predicted octanol–water partition coefficient (Wildman–Crippen LogP) is -0.700. The van der Waals surface area contributed by atoms with Gasteiger partial charge in [0.1, 0.15) is 5.82 Å². The molecule has 0 saturated carbocycles. The van der Waals surface area contributed by atoms with E-state index in [1.54, 1.807) is 0 Å². The van der Waals surface area contributed by atoms with Crippen LogP contribution in [-0.2, 0) is 19.1 Å². The Kier molecular flexibility index (Phi) is 5.79. The van der Waals surface area contributed by atoms with Gasteiger partial charge < -0.3 is 25.0 Å². The topological polar surface area (TPSA) is 140 Å². The molecule has 23 heavy (non-hydrogen) atoms. The van der Waals surface area contributed by atoms with Crippen molar-refractivity contribution in [1.29, 1.82) is 0 Å². The number of nitrogens with zero attached hydrogens (tertiary/aromatic N) is 2. The molecule has 0 spiro atoms. The lowest BCUT2D eigenvalue weighted by Crippen LogP contribution is -2.29. The molecule has 1 aliphatic rings. The first-order valence-electron chi connectivity index (χ1n) is 6.98. The summed E-state index contributed by atoms with van der Waals surface area (Å²) >= 11 is 0. The maximum absolute atomic E-state index is 11.9. The number of anilines is 1. The molecular formula is C13H17N3O7. The van der Waals surface area contributed by atoms with Crippen LogP contribution in [0.5, 0.6) is 0 Å². The average molecular weight is 327 g/mol. The van der Waals surface area contributed by atoms with Crippen molar-refractivity contribution >= 4 is 17.7 Å². The van der Waals surface area contributed by atoms with Crippen LogP contribution in [0.15, 0.2) is 17.1 Å². The molecule has 1 amide bonds. The van der Waals surface area contributed by atoms with E-state index < -0.39 is 30.1 Å². The Balaban J connectivity index is 1.93. The summed E-state index contributed by atoms with van der Waals surface area (Å²) in [5, 5.41) is 19.8. The zero-order valence-corrected chi connectivity index (χ0v) is 12.2. The van der Waals surface area contributed by atoms with Crippen molar-refractivity contribution in [3.05, 3.63) is 22.7 Å². The number of carboxylic acids is 1. The summed E-state index contributed by atoms with van der Waals surface area (Å²) in [4.78, 5) is 37.6. The molecule has 0 radical (unpaired) electrons. The highest BCUT2D eigenvalue weighted by Gasteiger charge is 2.27. The lowest BCUT2D eigenvalue weighted by Gasteiger charge is -2.12. The SMILES string of the molecule is O=C(O)CCCC(=O)Nc1ccn(C2COC(CO)O2)c(=O)n1. The van der Waals surface area contributed by atoms with Gasteiger partial charge in [-0.25, -0.2) is 4.79 Å². The second-order valence-electron chi connectivity index (χ2n) is 4.83. The molecule has 1 saturated heterocycles. The summed E-state index contributed by atoms with van der Waals surface area (Å²) in [5.41, 5.74) is -0.638. The number of carboxylic acid groups (broad SMARTS) is 1. The van der Waals surface area contributed by atoms with E-state index in [9.17, 15) is 14.4 Å². The van der Waals surface area contributed by atoms with Gasteiger partial charge in [0.25, 0.3) is 0 Å². The van der Waals surface area contributed by atoms with Gasteiger partial charge in [-0.15, -0.1) is 0 Å². The van der Waals surface area contributed by atoms with Crippen LogP contribution in [0.1, 0.15) is 25.5 Å². The van der Waals surface area contributed by atoms with Crippen LogP contribution in [0.25, 0.3) is 0 Å². The number of aliphatic hydroxyl groups excluding tert-OH is 1. The molecular weight excluding hydrogens is 310 g/mol. The van der Waals surface area contributed by atoms with Crippen LogP contribution in [0.4, 0.5) is 5.82 Å². The number of hydrogen-bond donors (Lipinski definition) is 3. The molecule has 126 valence electrons. The van der Waals surface area contributed by atoms with E-state index in [1.807, 2.05) is 0 Å². The minimum Gasteiger partial charge on any atom is -0.481 e. The molecule has 1 fully saturated rings. The van der Waals surface area contributed by atoms with Gasteiger partial charge in [-0.3, -0.25) is 14.2 Å². The molecule has 1 aliphatic heterocycles. The third-order valence-electron chi connectivity index (χ3n) is 3.08. The molecule has 2 unspecified atom stereocenters. The van der Waals surface area contributed by atoms with Crippen LogP contribution in [-0.4, -0.2) is 51.1 Å². The van der Waals surface area contributed by atoms with Gasteiger partial charge in [-0.1, -0.05) is 0 Å². The second kappa shape index (κ2) is 7.81. The van der Waals surface area contributed by atoms with E-state index in [2.05, 4.69) is 10.3 Å². The zero-order valence-electron chi connectivity index (χ0n) is 12.2. The predicted molar refractivity (Wildman–Crippen MR) is 75.6 cm³/mol. The van der Waals surface area contributed by atoms with Crippen LogP contribution >= 0.6 is 0 Å². The Hall–Kier alpha value is -2.30. The minimum absolute atomic E-state index is 0.0226. The van der Waals surface area contributed by atoms with Crippen LogP contribution < -0.4 is 11.0 Å². The Labute approximate surface area is 130 Å². The number of ether oxygens (including phenoxy) is 2. The molecule has 0 bridgehead atoms. The molecule has 1 aromatic heterocycles. The lowest BCUT2D eigenvalue weighted by atomic mass is 10.2. The lowest BCUT2D eigenvalue weighted by molar-refractivity contribution is -0.137. The number of hydrogen-bond acceptors (Lipinski definition) is 7. The highest BCUT2D eigenvalue weighted by molar-refractivity contribution is 5.89. The zero-order chi connectivity index (χ0) is 16.8. The number of amides is 1. The quantitative estimate of drug-likeness (QED) is 0.597. The Morgan fingerprint density at radius 2 is 2.22 bits per heavy atom. The van der Waals surface area contributed by atoms with Gasteiger partial charge in [0.15, 0.2) is 12.5 Å². The van der Waals surface area contributed by atoms with Crippen molar-refractivity contribution in [2.75, 3.05) is 18.5 Å². The van der Waals surface area contributed by atoms with Crippen molar-refractivity contribution in [3.8, 4) is 0 Å². The normalized spacial score (nSPS) is 20.4. The van der Waals surface area contributed by atoms with Crippen LogP contribution in [0, 0.1) is 0 Å². The molecule has 2 heterocycles. The first-order chi connectivity index (χ1) is 11.0. The maximum Gasteiger partial charge on any atom is 0.351 e. The molecule has 2 rings (SSSR count). The molecule has 0 aromatic carbocycles. The highest BCUT2D eigenvalue weighted by Crippen LogP contribution is 2.19. The third-order valence-corrected chi connectivity index (χ3v) is 3.08. The first kappa shape index (κ1) is 17.1. The number of rotatable bonds is 7. The van der Waals surface area contributed by atoms with Crippen molar-refractivity contribution < 1.29 is 29.3 Å².